The average Bonchev–Trinajstić information content (AvgIpc) is 2.83. The van der Waals surface area contributed by atoms with E-state index < -0.39 is 0 Å². The Hall–Kier alpha value is -2.18. The molecule has 0 N–H and O–H groups in total. The van der Waals surface area contributed by atoms with Gasteiger partial charge >= 0.3 is 0 Å². The first-order chi connectivity index (χ1) is 12.6. The van der Waals surface area contributed by atoms with E-state index in [1.165, 1.54) is 11.3 Å². The molecule has 7 heteroatoms. The molecule has 1 amide bonds. The first-order valence-electron chi connectivity index (χ1n) is 8.65. The Morgan fingerprint density at radius 2 is 1.92 bits per heavy atom. The van der Waals surface area contributed by atoms with E-state index in [1.807, 2.05) is 48.2 Å². The Bertz CT molecular complexity index is 940. The number of amides is 1. The van der Waals surface area contributed by atoms with Gasteiger partial charge in [0.05, 0.1) is 10.7 Å². The predicted molar refractivity (Wildman–Crippen MR) is 106 cm³/mol. The summed E-state index contributed by atoms with van der Waals surface area (Å²) in [6.45, 7) is 4.90. The highest BCUT2D eigenvalue weighted by atomic mass is 35.5. The summed E-state index contributed by atoms with van der Waals surface area (Å²) in [6.07, 6.45) is 0.893. The minimum Gasteiger partial charge on any atom is -0.353 e. The number of carbonyl (C=O) groups is 1. The van der Waals surface area contributed by atoms with Crippen molar-refractivity contribution in [2.75, 3.05) is 31.1 Å². The van der Waals surface area contributed by atoms with Crippen LogP contribution in [-0.2, 0) is 0 Å². The fourth-order valence-corrected chi connectivity index (χ4v) is 4.69. The Labute approximate surface area is 161 Å². The molecule has 0 atom stereocenters. The number of carbonyl (C=O) groups excluding carboxylic acids is 1. The van der Waals surface area contributed by atoms with Crippen LogP contribution < -0.4 is 4.90 Å². The van der Waals surface area contributed by atoms with Gasteiger partial charge in [-0.15, -0.1) is 16.4 Å². The van der Waals surface area contributed by atoms with Crippen LogP contribution in [0.3, 0.4) is 0 Å². The van der Waals surface area contributed by atoms with E-state index in [2.05, 4.69) is 15.1 Å². The Balaban J connectivity index is 1.52. The van der Waals surface area contributed by atoms with Gasteiger partial charge in [-0.05, 0) is 31.5 Å². The maximum absolute atomic E-state index is 13.0. The molecule has 0 bridgehead atoms. The number of benzene rings is 1. The Kier molecular flexibility index (Phi) is 4.78. The van der Waals surface area contributed by atoms with Crippen molar-refractivity contribution in [3.8, 4) is 0 Å². The summed E-state index contributed by atoms with van der Waals surface area (Å²) in [7, 11) is 0. The number of halogens is 1. The van der Waals surface area contributed by atoms with Gasteiger partial charge in [0, 0.05) is 36.3 Å². The van der Waals surface area contributed by atoms with Crippen molar-refractivity contribution in [2.24, 2.45) is 0 Å². The molecule has 1 aliphatic rings. The van der Waals surface area contributed by atoms with Crippen LogP contribution >= 0.6 is 22.9 Å². The number of fused-ring (bicyclic) bond motifs is 1. The van der Waals surface area contributed by atoms with E-state index in [1.54, 1.807) is 0 Å². The van der Waals surface area contributed by atoms with Crippen LogP contribution in [0.1, 0.15) is 21.8 Å². The van der Waals surface area contributed by atoms with Crippen LogP contribution in [0.5, 0.6) is 0 Å². The van der Waals surface area contributed by atoms with Gasteiger partial charge in [0.1, 0.15) is 4.88 Å². The highest BCUT2D eigenvalue weighted by Crippen LogP contribution is 2.36. The number of anilines is 1. The largest absolute Gasteiger partial charge is 0.353 e. The molecule has 0 spiro atoms. The van der Waals surface area contributed by atoms with Crippen molar-refractivity contribution in [2.45, 2.75) is 13.3 Å². The molecule has 0 saturated carbocycles. The van der Waals surface area contributed by atoms with Gasteiger partial charge in [-0.1, -0.05) is 29.8 Å². The molecule has 0 aliphatic carbocycles. The number of thiophene rings is 1. The van der Waals surface area contributed by atoms with E-state index in [0.29, 0.717) is 16.4 Å². The summed E-state index contributed by atoms with van der Waals surface area (Å²) in [5, 5.41) is 9.93. The predicted octanol–water partition coefficient (Wildman–Crippen LogP) is 4.01. The maximum atomic E-state index is 13.0. The zero-order chi connectivity index (χ0) is 18.1. The van der Waals surface area contributed by atoms with Gasteiger partial charge in [-0.2, -0.15) is 5.10 Å². The van der Waals surface area contributed by atoms with Crippen LogP contribution in [-0.4, -0.2) is 47.2 Å². The molecule has 0 unspecified atom stereocenters. The molecule has 5 nitrogen and oxygen atoms in total. The third-order valence-corrected chi connectivity index (χ3v) is 6.28. The van der Waals surface area contributed by atoms with Gasteiger partial charge in [0.2, 0.25) is 0 Å². The zero-order valence-corrected chi connectivity index (χ0v) is 16.1. The quantitative estimate of drug-likeness (QED) is 0.667. The summed E-state index contributed by atoms with van der Waals surface area (Å²) in [4.78, 5) is 17.8. The first-order valence-corrected chi connectivity index (χ1v) is 9.84. The lowest BCUT2D eigenvalue weighted by molar-refractivity contribution is 0.0772. The van der Waals surface area contributed by atoms with Gasteiger partial charge in [-0.3, -0.25) is 4.79 Å². The third kappa shape index (κ3) is 3.27. The standard InChI is InChI=1S/C19H19ClN4OS/c1-13-7-8-16(22-21-13)23-9-4-10-24(12-11-23)19(25)18-17(20)14-5-2-3-6-15(14)26-18/h2-3,5-8H,4,9-12H2,1H3. The van der Waals surface area contributed by atoms with Crippen LogP contribution in [0.25, 0.3) is 10.1 Å². The average molecular weight is 387 g/mol. The van der Waals surface area contributed by atoms with Crippen LogP contribution in [0.4, 0.5) is 5.82 Å². The smallest absolute Gasteiger partial charge is 0.265 e. The molecule has 2 aromatic heterocycles. The van der Waals surface area contributed by atoms with Crippen LogP contribution in [0.15, 0.2) is 36.4 Å². The monoisotopic (exact) mass is 386 g/mol. The summed E-state index contributed by atoms with van der Waals surface area (Å²) in [5.41, 5.74) is 0.903. The number of aromatic nitrogens is 2. The van der Waals surface area contributed by atoms with E-state index in [4.69, 9.17) is 11.6 Å². The number of hydrogen-bond acceptors (Lipinski definition) is 5. The SMILES string of the molecule is Cc1ccc(N2CCCN(C(=O)c3sc4ccccc4c3Cl)CC2)nn1. The highest BCUT2D eigenvalue weighted by Gasteiger charge is 2.25. The second kappa shape index (κ2) is 7.21. The fourth-order valence-electron chi connectivity index (χ4n) is 3.21. The zero-order valence-electron chi connectivity index (χ0n) is 14.5. The second-order valence-electron chi connectivity index (χ2n) is 6.41. The van der Waals surface area contributed by atoms with Crippen LogP contribution in [0.2, 0.25) is 5.02 Å². The first kappa shape index (κ1) is 17.2. The molecule has 3 heterocycles. The Morgan fingerprint density at radius 3 is 2.69 bits per heavy atom. The summed E-state index contributed by atoms with van der Waals surface area (Å²) >= 11 is 7.96. The van der Waals surface area contributed by atoms with Crippen molar-refractivity contribution in [1.82, 2.24) is 15.1 Å². The third-order valence-electron chi connectivity index (χ3n) is 4.62. The molecule has 26 heavy (non-hydrogen) atoms. The van der Waals surface area contributed by atoms with Crippen molar-refractivity contribution in [1.29, 1.82) is 0 Å². The van der Waals surface area contributed by atoms with E-state index in [-0.39, 0.29) is 5.91 Å². The number of aryl methyl sites for hydroxylation is 1. The van der Waals surface area contributed by atoms with Crippen molar-refractivity contribution in [3.05, 3.63) is 52.0 Å². The lowest BCUT2D eigenvalue weighted by atomic mass is 10.2. The number of rotatable bonds is 2. The molecule has 4 rings (SSSR count). The minimum atomic E-state index is 0.0213. The fraction of sp³-hybridized carbons (Fsp3) is 0.316. The van der Waals surface area contributed by atoms with Crippen LogP contribution in [0, 0.1) is 6.92 Å². The van der Waals surface area contributed by atoms with E-state index in [0.717, 1.165) is 47.7 Å². The van der Waals surface area contributed by atoms with Crippen molar-refractivity contribution >= 4 is 44.7 Å². The van der Waals surface area contributed by atoms with Gasteiger partial charge in [0.25, 0.3) is 5.91 Å². The maximum Gasteiger partial charge on any atom is 0.265 e. The second-order valence-corrected chi connectivity index (χ2v) is 7.84. The lowest BCUT2D eigenvalue weighted by Crippen LogP contribution is -2.35. The highest BCUT2D eigenvalue weighted by molar-refractivity contribution is 7.21. The molecule has 0 radical (unpaired) electrons. The normalized spacial score (nSPS) is 15.3. The molecule has 3 aromatic rings. The molecule has 134 valence electrons. The molecule has 1 aliphatic heterocycles. The van der Waals surface area contributed by atoms with E-state index >= 15 is 0 Å². The lowest BCUT2D eigenvalue weighted by Gasteiger charge is -2.22. The summed E-state index contributed by atoms with van der Waals surface area (Å²) in [6, 6.07) is 11.8. The van der Waals surface area contributed by atoms with E-state index in [9.17, 15) is 4.79 Å². The molecule has 1 fully saturated rings. The number of nitrogens with zero attached hydrogens (tertiary/aromatic N) is 4. The summed E-state index contributed by atoms with van der Waals surface area (Å²) < 4.78 is 1.05. The molecular formula is C19H19ClN4OS. The summed E-state index contributed by atoms with van der Waals surface area (Å²) in [5.74, 6) is 0.887. The van der Waals surface area contributed by atoms with Gasteiger partial charge in [0.15, 0.2) is 5.82 Å². The molecular weight excluding hydrogens is 368 g/mol. The number of hydrogen-bond donors (Lipinski definition) is 0. The minimum absolute atomic E-state index is 0.0213. The molecule has 1 aromatic carbocycles. The van der Waals surface area contributed by atoms with Crippen molar-refractivity contribution < 1.29 is 4.79 Å². The van der Waals surface area contributed by atoms with Gasteiger partial charge in [-0.25, -0.2) is 0 Å². The molecule has 1 saturated heterocycles. The van der Waals surface area contributed by atoms with Gasteiger partial charge < -0.3 is 9.80 Å². The van der Waals surface area contributed by atoms with Crippen molar-refractivity contribution in [3.63, 3.8) is 0 Å². The topological polar surface area (TPSA) is 49.3 Å². The Morgan fingerprint density at radius 1 is 1.08 bits per heavy atom.